The van der Waals surface area contributed by atoms with Crippen molar-refractivity contribution in [2.24, 2.45) is 0 Å². The van der Waals surface area contributed by atoms with Crippen molar-refractivity contribution in [3.63, 3.8) is 0 Å². The van der Waals surface area contributed by atoms with Gasteiger partial charge in [-0.2, -0.15) is 0 Å². The van der Waals surface area contributed by atoms with Gasteiger partial charge in [-0.3, -0.25) is 4.98 Å². The molecule has 0 radical (unpaired) electrons. The van der Waals surface area contributed by atoms with Gasteiger partial charge >= 0.3 is 0 Å². The Kier molecular flexibility index (Phi) is 3.62. The van der Waals surface area contributed by atoms with E-state index < -0.39 is 11.9 Å². The minimum atomic E-state index is -1.03. The van der Waals surface area contributed by atoms with Crippen LogP contribution < -0.4 is 0 Å². The Hall–Kier alpha value is -1.16. The first-order valence-corrected chi connectivity index (χ1v) is 5.58. The van der Waals surface area contributed by atoms with E-state index in [1.165, 1.54) is 12.1 Å². The van der Waals surface area contributed by atoms with E-state index in [1.54, 1.807) is 18.2 Å². The molecule has 0 saturated heterocycles. The molecule has 88 valence electrons. The van der Waals surface area contributed by atoms with Crippen molar-refractivity contribution in [2.45, 2.75) is 6.10 Å². The molecule has 5 heteroatoms. The second kappa shape index (κ2) is 5.00. The van der Waals surface area contributed by atoms with Crippen LogP contribution in [0.1, 0.15) is 17.4 Å². The number of aromatic nitrogens is 1. The molecular weight excluding hydrogens is 264 g/mol. The standard InChI is InChI=1S/C12H8Cl2FNO/c13-9-3-1-2-8(11(9)14)12(17)10-5-4-7(15)6-16-10/h1-6,12,17H. The lowest BCUT2D eigenvalue weighted by Crippen LogP contribution is -2.03. The molecule has 0 saturated carbocycles. The van der Waals surface area contributed by atoms with Crippen molar-refractivity contribution in [3.8, 4) is 0 Å². The molecule has 2 rings (SSSR count). The third kappa shape index (κ3) is 2.57. The maximum Gasteiger partial charge on any atom is 0.141 e. The van der Waals surface area contributed by atoms with Gasteiger partial charge in [-0.05, 0) is 18.2 Å². The van der Waals surface area contributed by atoms with Crippen LogP contribution in [0.5, 0.6) is 0 Å². The monoisotopic (exact) mass is 271 g/mol. The number of pyridine rings is 1. The first-order chi connectivity index (χ1) is 8.09. The van der Waals surface area contributed by atoms with E-state index in [0.29, 0.717) is 16.3 Å². The number of hydrogen-bond acceptors (Lipinski definition) is 2. The zero-order valence-electron chi connectivity index (χ0n) is 8.57. The van der Waals surface area contributed by atoms with Crippen LogP contribution in [-0.4, -0.2) is 10.1 Å². The van der Waals surface area contributed by atoms with Crippen LogP contribution in [-0.2, 0) is 0 Å². The maximum absolute atomic E-state index is 12.7. The first kappa shape index (κ1) is 12.3. The lowest BCUT2D eigenvalue weighted by atomic mass is 10.1. The normalized spacial score (nSPS) is 12.5. The zero-order valence-corrected chi connectivity index (χ0v) is 10.1. The molecule has 0 aliphatic rings. The largest absolute Gasteiger partial charge is 0.382 e. The minimum absolute atomic E-state index is 0.271. The first-order valence-electron chi connectivity index (χ1n) is 4.83. The van der Waals surface area contributed by atoms with Crippen LogP contribution in [0.4, 0.5) is 4.39 Å². The van der Waals surface area contributed by atoms with E-state index in [4.69, 9.17) is 23.2 Å². The van der Waals surface area contributed by atoms with Gasteiger partial charge in [0.1, 0.15) is 11.9 Å². The Morgan fingerprint density at radius 3 is 2.59 bits per heavy atom. The molecule has 1 atom stereocenters. The number of benzene rings is 1. The number of hydrogen-bond donors (Lipinski definition) is 1. The summed E-state index contributed by atoms with van der Waals surface area (Å²) < 4.78 is 12.7. The van der Waals surface area contributed by atoms with Crippen LogP contribution in [0.2, 0.25) is 10.0 Å². The highest BCUT2D eigenvalue weighted by Gasteiger charge is 2.16. The van der Waals surface area contributed by atoms with Gasteiger partial charge in [0.25, 0.3) is 0 Å². The van der Waals surface area contributed by atoms with Crippen LogP contribution in [0, 0.1) is 5.82 Å². The third-order valence-electron chi connectivity index (χ3n) is 2.31. The molecule has 1 N–H and O–H groups in total. The minimum Gasteiger partial charge on any atom is -0.382 e. The van der Waals surface area contributed by atoms with Gasteiger partial charge in [-0.1, -0.05) is 35.3 Å². The number of aliphatic hydroxyl groups is 1. The van der Waals surface area contributed by atoms with E-state index in [-0.39, 0.29) is 5.02 Å². The Bertz CT molecular complexity index is 531. The highest BCUT2D eigenvalue weighted by molar-refractivity contribution is 6.42. The molecule has 1 aromatic carbocycles. The average molecular weight is 272 g/mol. The molecule has 1 heterocycles. The number of nitrogens with zero attached hydrogens (tertiary/aromatic N) is 1. The van der Waals surface area contributed by atoms with E-state index in [9.17, 15) is 9.50 Å². The molecule has 0 aliphatic heterocycles. The Labute approximate surface area is 108 Å². The summed E-state index contributed by atoms with van der Waals surface area (Å²) in [7, 11) is 0. The molecule has 2 aromatic rings. The van der Waals surface area contributed by atoms with Crippen LogP contribution >= 0.6 is 23.2 Å². The molecule has 1 aromatic heterocycles. The van der Waals surface area contributed by atoms with Crippen LogP contribution in [0.25, 0.3) is 0 Å². The van der Waals surface area contributed by atoms with E-state index >= 15 is 0 Å². The average Bonchev–Trinajstić information content (AvgIpc) is 2.33. The number of rotatable bonds is 2. The van der Waals surface area contributed by atoms with Crippen molar-refractivity contribution in [1.29, 1.82) is 0 Å². The zero-order chi connectivity index (χ0) is 12.4. The maximum atomic E-state index is 12.7. The summed E-state index contributed by atoms with van der Waals surface area (Å²) in [5.74, 6) is -0.460. The smallest absolute Gasteiger partial charge is 0.141 e. The van der Waals surface area contributed by atoms with Crippen molar-refractivity contribution in [2.75, 3.05) is 0 Å². The summed E-state index contributed by atoms with van der Waals surface area (Å²) in [5, 5.41) is 10.7. The fraction of sp³-hybridized carbons (Fsp3) is 0.0833. The summed E-state index contributed by atoms with van der Waals surface area (Å²) in [6, 6.07) is 7.57. The Morgan fingerprint density at radius 2 is 1.94 bits per heavy atom. The van der Waals surface area contributed by atoms with Gasteiger partial charge in [-0.15, -0.1) is 0 Å². The van der Waals surface area contributed by atoms with E-state index in [1.807, 2.05) is 0 Å². The van der Waals surface area contributed by atoms with Crippen LogP contribution in [0.3, 0.4) is 0 Å². The highest BCUT2D eigenvalue weighted by atomic mass is 35.5. The van der Waals surface area contributed by atoms with Gasteiger partial charge in [0.15, 0.2) is 0 Å². The fourth-order valence-corrected chi connectivity index (χ4v) is 1.85. The second-order valence-electron chi connectivity index (χ2n) is 3.45. The van der Waals surface area contributed by atoms with E-state index in [0.717, 1.165) is 6.20 Å². The summed E-state index contributed by atoms with van der Waals surface area (Å²) in [6.07, 6.45) is 0.0126. The third-order valence-corrected chi connectivity index (χ3v) is 3.14. The SMILES string of the molecule is OC(c1ccc(F)cn1)c1cccc(Cl)c1Cl. The summed E-state index contributed by atoms with van der Waals surface area (Å²) >= 11 is 11.8. The van der Waals surface area contributed by atoms with Crippen molar-refractivity contribution < 1.29 is 9.50 Å². The summed E-state index contributed by atoms with van der Waals surface area (Å²) in [6.45, 7) is 0. The van der Waals surface area contributed by atoms with Gasteiger partial charge in [0, 0.05) is 5.56 Å². The molecule has 0 spiro atoms. The molecule has 2 nitrogen and oxygen atoms in total. The van der Waals surface area contributed by atoms with Crippen molar-refractivity contribution in [3.05, 3.63) is 63.6 Å². The van der Waals surface area contributed by atoms with E-state index in [2.05, 4.69) is 4.98 Å². The summed E-state index contributed by atoms with van der Waals surface area (Å²) in [4.78, 5) is 3.80. The summed E-state index contributed by atoms with van der Waals surface area (Å²) in [5.41, 5.74) is 0.758. The molecule has 0 fully saturated rings. The highest BCUT2D eigenvalue weighted by Crippen LogP contribution is 2.32. The lowest BCUT2D eigenvalue weighted by molar-refractivity contribution is 0.215. The lowest BCUT2D eigenvalue weighted by Gasteiger charge is -2.12. The molecule has 0 amide bonds. The Morgan fingerprint density at radius 1 is 1.18 bits per heavy atom. The fourth-order valence-electron chi connectivity index (χ4n) is 1.44. The molecule has 17 heavy (non-hydrogen) atoms. The molecule has 0 bridgehead atoms. The molecular formula is C12H8Cl2FNO. The van der Waals surface area contributed by atoms with Crippen molar-refractivity contribution in [1.82, 2.24) is 4.98 Å². The topological polar surface area (TPSA) is 33.1 Å². The second-order valence-corrected chi connectivity index (χ2v) is 4.23. The van der Waals surface area contributed by atoms with Gasteiger partial charge in [0.2, 0.25) is 0 Å². The van der Waals surface area contributed by atoms with Gasteiger partial charge in [-0.25, -0.2) is 4.39 Å². The molecule has 0 aliphatic carbocycles. The number of aliphatic hydroxyl groups excluding tert-OH is 1. The van der Waals surface area contributed by atoms with Crippen molar-refractivity contribution >= 4 is 23.2 Å². The predicted molar refractivity (Wildman–Crippen MR) is 64.7 cm³/mol. The van der Waals surface area contributed by atoms with Crippen LogP contribution in [0.15, 0.2) is 36.5 Å². The number of halogens is 3. The quantitative estimate of drug-likeness (QED) is 0.905. The van der Waals surface area contributed by atoms with Gasteiger partial charge < -0.3 is 5.11 Å². The van der Waals surface area contributed by atoms with Gasteiger partial charge in [0.05, 0.1) is 21.9 Å². The Balaban J connectivity index is 2.40. The predicted octanol–water partition coefficient (Wildman–Crippen LogP) is 3.61. The molecule has 1 unspecified atom stereocenters.